The van der Waals surface area contributed by atoms with Crippen LogP contribution in [0.15, 0.2) is 24.3 Å². The fourth-order valence-electron chi connectivity index (χ4n) is 4.72. The van der Waals surface area contributed by atoms with Crippen molar-refractivity contribution >= 4 is 17.7 Å². The van der Waals surface area contributed by atoms with Gasteiger partial charge in [-0.3, -0.25) is 14.4 Å². The molecule has 1 aliphatic heterocycles. The van der Waals surface area contributed by atoms with Crippen LogP contribution in [0.1, 0.15) is 56.7 Å². The van der Waals surface area contributed by atoms with Crippen LogP contribution in [0.25, 0.3) is 0 Å². The number of terminal acetylenes is 1. The maximum absolute atomic E-state index is 13.6. The molecule has 1 aliphatic carbocycles. The van der Waals surface area contributed by atoms with Gasteiger partial charge in [-0.2, -0.15) is 0 Å². The number of benzene rings is 1. The molecule has 0 unspecified atom stereocenters. The molecule has 0 saturated carbocycles. The van der Waals surface area contributed by atoms with Crippen LogP contribution in [0.2, 0.25) is 0 Å². The summed E-state index contributed by atoms with van der Waals surface area (Å²) in [6.07, 6.45) is 8.87. The van der Waals surface area contributed by atoms with E-state index in [4.69, 9.17) is 11.2 Å². The summed E-state index contributed by atoms with van der Waals surface area (Å²) in [7, 11) is 1.67. The highest BCUT2D eigenvalue weighted by Crippen LogP contribution is 2.30. The zero-order valence-corrected chi connectivity index (χ0v) is 20.3. The molecule has 3 N–H and O–H groups in total. The minimum Gasteiger partial charge on any atom is -0.363 e. The standard InChI is InChI=1S/C26H36N4O4/c1-5-16-34-18(3)23(29-24(31)17(2)27-4)26(33)30-15-9-14-22(30)25(32)28-21-13-8-11-19-10-6-7-12-20(19)21/h1,6-7,10,12,17-18,21-23,27H,8-9,11,13-16H2,2-4H3,(H,28,32)(H,29,31)/t17-,18+,21+,22-,23-/m0/s1. The lowest BCUT2D eigenvalue weighted by Gasteiger charge is -2.33. The highest BCUT2D eigenvalue weighted by Gasteiger charge is 2.40. The summed E-state index contributed by atoms with van der Waals surface area (Å²) < 4.78 is 5.59. The average Bonchev–Trinajstić information content (AvgIpc) is 3.35. The monoisotopic (exact) mass is 468 g/mol. The number of hydrogen-bond acceptors (Lipinski definition) is 5. The number of fused-ring (bicyclic) bond motifs is 1. The number of nitrogens with zero attached hydrogens (tertiary/aromatic N) is 1. The molecule has 0 bridgehead atoms. The van der Waals surface area contributed by atoms with E-state index in [2.05, 4.69) is 34.0 Å². The van der Waals surface area contributed by atoms with E-state index in [1.807, 2.05) is 12.1 Å². The lowest BCUT2D eigenvalue weighted by atomic mass is 9.87. The predicted octanol–water partition coefficient (Wildman–Crippen LogP) is 1.30. The first-order valence-electron chi connectivity index (χ1n) is 12.1. The van der Waals surface area contributed by atoms with E-state index >= 15 is 0 Å². The van der Waals surface area contributed by atoms with Crippen molar-refractivity contribution in [2.75, 3.05) is 20.2 Å². The van der Waals surface area contributed by atoms with E-state index in [-0.39, 0.29) is 30.4 Å². The zero-order chi connectivity index (χ0) is 24.7. The molecule has 1 fully saturated rings. The van der Waals surface area contributed by atoms with Gasteiger partial charge in [-0.25, -0.2) is 0 Å². The Morgan fingerprint density at radius 3 is 2.71 bits per heavy atom. The maximum Gasteiger partial charge on any atom is 0.248 e. The molecule has 184 valence electrons. The second kappa shape index (κ2) is 12.0. The Morgan fingerprint density at radius 1 is 1.21 bits per heavy atom. The Morgan fingerprint density at radius 2 is 1.97 bits per heavy atom. The van der Waals surface area contributed by atoms with Crippen LogP contribution in [0.3, 0.4) is 0 Å². The summed E-state index contributed by atoms with van der Waals surface area (Å²) in [6, 6.07) is 6.12. The molecule has 3 rings (SSSR count). The molecule has 1 heterocycles. The Kier molecular flexibility index (Phi) is 9.08. The highest BCUT2D eigenvalue weighted by atomic mass is 16.5. The Labute approximate surface area is 202 Å². The van der Waals surface area contributed by atoms with Gasteiger partial charge in [-0.15, -0.1) is 6.42 Å². The van der Waals surface area contributed by atoms with Crippen LogP contribution in [0.4, 0.5) is 0 Å². The quantitative estimate of drug-likeness (QED) is 0.475. The van der Waals surface area contributed by atoms with Crippen LogP contribution >= 0.6 is 0 Å². The molecule has 0 spiro atoms. The molecular weight excluding hydrogens is 432 g/mol. The van der Waals surface area contributed by atoms with Gasteiger partial charge in [0.25, 0.3) is 0 Å². The maximum atomic E-state index is 13.6. The van der Waals surface area contributed by atoms with Crippen molar-refractivity contribution in [3.63, 3.8) is 0 Å². The number of hydrogen-bond donors (Lipinski definition) is 3. The number of aryl methyl sites for hydroxylation is 1. The first-order chi connectivity index (χ1) is 16.4. The van der Waals surface area contributed by atoms with E-state index in [0.29, 0.717) is 13.0 Å². The third-order valence-corrected chi connectivity index (χ3v) is 6.81. The lowest BCUT2D eigenvalue weighted by Crippen LogP contribution is -2.59. The second-order valence-corrected chi connectivity index (χ2v) is 9.06. The SMILES string of the molecule is C#CCO[C@H](C)[C@H](NC(=O)[C@H](C)NC)C(=O)N1CCC[C@H]1C(=O)N[C@@H]1CCCc2ccccc21. The predicted molar refractivity (Wildman–Crippen MR) is 130 cm³/mol. The van der Waals surface area contributed by atoms with Crippen molar-refractivity contribution in [1.29, 1.82) is 0 Å². The number of ether oxygens (including phenoxy) is 1. The number of likely N-dealkylation sites (N-methyl/N-ethyl adjacent to an activating group) is 1. The number of rotatable bonds is 9. The normalized spacial score (nSPS) is 22.1. The van der Waals surface area contributed by atoms with Crippen LogP contribution < -0.4 is 16.0 Å². The van der Waals surface area contributed by atoms with Gasteiger partial charge >= 0.3 is 0 Å². The molecule has 0 aromatic heterocycles. The molecular formula is C26H36N4O4. The lowest BCUT2D eigenvalue weighted by molar-refractivity contribution is -0.145. The van der Waals surface area contributed by atoms with Gasteiger partial charge in [0.05, 0.1) is 18.2 Å². The largest absolute Gasteiger partial charge is 0.363 e. The smallest absolute Gasteiger partial charge is 0.248 e. The summed E-state index contributed by atoms with van der Waals surface area (Å²) in [4.78, 5) is 41.0. The molecule has 8 heteroatoms. The first-order valence-corrected chi connectivity index (χ1v) is 12.1. The van der Waals surface area contributed by atoms with Crippen molar-refractivity contribution in [3.05, 3.63) is 35.4 Å². The fraction of sp³-hybridized carbons (Fsp3) is 0.577. The van der Waals surface area contributed by atoms with E-state index in [1.54, 1.807) is 25.8 Å². The van der Waals surface area contributed by atoms with Crippen LogP contribution in [0.5, 0.6) is 0 Å². The topological polar surface area (TPSA) is 99.8 Å². The number of likely N-dealkylation sites (tertiary alicyclic amines) is 1. The minimum atomic E-state index is -0.944. The van der Waals surface area contributed by atoms with Gasteiger partial charge in [0.2, 0.25) is 17.7 Å². The third kappa shape index (κ3) is 5.96. The van der Waals surface area contributed by atoms with Crippen molar-refractivity contribution in [3.8, 4) is 12.3 Å². The first kappa shape index (κ1) is 25.7. The second-order valence-electron chi connectivity index (χ2n) is 9.06. The molecule has 2 aliphatic rings. The Bertz CT molecular complexity index is 928. The molecule has 3 amide bonds. The van der Waals surface area contributed by atoms with Gasteiger partial charge < -0.3 is 25.6 Å². The molecule has 34 heavy (non-hydrogen) atoms. The fourth-order valence-corrected chi connectivity index (χ4v) is 4.72. The van der Waals surface area contributed by atoms with Crippen LogP contribution in [-0.4, -0.2) is 67.1 Å². The number of nitrogens with one attached hydrogen (secondary N) is 3. The molecule has 1 saturated heterocycles. The number of carbonyl (C=O) groups excluding carboxylic acids is 3. The summed E-state index contributed by atoms with van der Waals surface area (Å²) >= 11 is 0. The average molecular weight is 469 g/mol. The van der Waals surface area contributed by atoms with E-state index in [9.17, 15) is 14.4 Å². The Balaban J connectivity index is 1.74. The highest BCUT2D eigenvalue weighted by molar-refractivity contribution is 5.94. The van der Waals surface area contributed by atoms with Crippen molar-refractivity contribution < 1.29 is 19.1 Å². The van der Waals surface area contributed by atoms with Crippen molar-refractivity contribution in [2.24, 2.45) is 0 Å². The summed E-state index contributed by atoms with van der Waals surface area (Å²) in [5, 5.41) is 8.84. The summed E-state index contributed by atoms with van der Waals surface area (Å²) in [5.41, 5.74) is 2.42. The Hall–Kier alpha value is -2.89. The van der Waals surface area contributed by atoms with Gasteiger partial charge in [0.1, 0.15) is 18.7 Å². The molecule has 0 radical (unpaired) electrons. The van der Waals surface area contributed by atoms with Gasteiger partial charge in [0.15, 0.2) is 0 Å². The molecule has 1 aromatic rings. The molecule has 1 aromatic carbocycles. The summed E-state index contributed by atoms with van der Waals surface area (Å²) in [5.74, 6) is 1.59. The van der Waals surface area contributed by atoms with Crippen LogP contribution in [0, 0.1) is 12.3 Å². The van der Waals surface area contributed by atoms with E-state index in [0.717, 1.165) is 31.2 Å². The van der Waals surface area contributed by atoms with Crippen molar-refractivity contribution in [1.82, 2.24) is 20.9 Å². The minimum absolute atomic E-state index is 0.0212. The molecule has 5 atom stereocenters. The number of amides is 3. The van der Waals surface area contributed by atoms with E-state index in [1.165, 1.54) is 5.56 Å². The zero-order valence-electron chi connectivity index (χ0n) is 20.3. The van der Waals surface area contributed by atoms with Gasteiger partial charge in [-0.05, 0) is 64.1 Å². The van der Waals surface area contributed by atoms with Crippen LogP contribution in [-0.2, 0) is 25.5 Å². The van der Waals surface area contributed by atoms with E-state index < -0.39 is 24.2 Å². The summed E-state index contributed by atoms with van der Waals surface area (Å²) in [6.45, 7) is 3.88. The third-order valence-electron chi connectivity index (χ3n) is 6.81. The number of carbonyl (C=O) groups is 3. The van der Waals surface area contributed by atoms with Gasteiger partial charge in [0, 0.05) is 6.54 Å². The van der Waals surface area contributed by atoms with Gasteiger partial charge in [-0.1, -0.05) is 30.2 Å². The van der Waals surface area contributed by atoms with Crippen molar-refractivity contribution in [2.45, 2.75) is 76.2 Å². The molecule has 8 nitrogen and oxygen atoms in total.